The van der Waals surface area contributed by atoms with Crippen molar-refractivity contribution in [3.8, 4) is 12.1 Å². The number of aromatic nitrogens is 1. The van der Waals surface area contributed by atoms with E-state index < -0.39 is 0 Å². The van der Waals surface area contributed by atoms with Crippen LogP contribution in [0.2, 0.25) is 0 Å². The van der Waals surface area contributed by atoms with Gasteiger partial charge in [-0.2, -0.15) is 10.5 Å². The minimum Gasteiger partial charge on any atom is -0.310 e. The Balaban J connectivity index is 1.17. The van der Waals surface area contributed by atoms with Crippen LogP contribution in [0.4, 0.5) is 17.1 Å². The lowest BCUT2D eigenvalue weighted by Crippen LogP contribution is -2.11. The van der Waals surface area contributed by atoms with Gasteiger partial charge in [0, 0.05) is 44.5 Å². The molecule has 0 N–H and O–H groups in total. The third kappa shape index (κ3) is 6.44. The minimum absolute atomic E-state index is 0.0236. The molecule has 10 aromatic rings. The summed E-state index contributed by atoms with van der Waals surface area (Å²) in [6.07, 6.45) is 1.81. The molecule has 0 radical (unpaired) electrons. The molecule has 0 fully saturated rings. The fourth-order valence-electron chi connectivity index (χ4n) is 9.71. The minimum atomic E-state index is -0.0236. The molecular weight excluding hydrogens is 741 g/mol. The van der Waals surface area contributed by atoms with E-state index in [0.29, 0.717) is 11.1 Å². The predicted molar refractivity (Wildman–Crippen MR) is 254 cm³/mol. The first-order valence-electron chi connectivity index (χ1n) is 21.2. The SMILES string of the molecule is Cc1ccccc1C(CCc1ccc2c3cc4ccc(N(c5cccc(C#N)c5)c5ccccc5C)cc4c4c5cc(C(C)(C)C)ccc5n(c2c1)c34)c1cccc(C#N)c1. The third-order valence-electron chi connectivity index (χ3n) is 12.8. The standard InChI is InChI=1S/C57H46N4/c1-36-12-6-8-18-46(36)47(41-16-10-14-39(28-41)34-58)25-20-38-21-26-48-50-31-42-22-24-45(60(52-19-9-7-13-37(52)2)44-17-11-15-40(29-44)35-59)33-49(42)55-51-32-43(57(3,4)5)23-27-53(51)61(56(50)55)54(48)30-38/h6-19,21-24,26-33,47H,20,25H2,1-5H3. The molecule has 4 nitrogen and oxygen atoms in total. The van der Waals surface area contributed by atoms with Crippen LogP contribution in [-0.4, -0.2) is 4.40 Å². The quantitative estimate of drug-likeness (QED) is 0.154. The van der Waals surface area contributed by atoms with Crippen LogP contribution in [-0.2, 0) is 11.8 Å². The molecule has 0 saturated heterocycles. The Morgan fingerprint density at radius 2 is 1.33 bits per heavy atom. The Labute approximate surface area is 357 Å². The predicted octanol–water partition coefficient (Wildman–Crippen LogP) is 14.9. The molecular formula is C57H46N4. The van der Waals surface area contributed by atoms with Gasteiger partial charge in [0.1, 0.15) is 0 Å². The second-order valence-corrected chi connectivity index (χ2v) is 17.7. The van der Waals surface area contributed by atoms with Gasteiger partial charge in [-0.1, -0.05) is 106 Å². The number of nitriles is 2. The number of aryl methyl sites for hydroxylation is 3. The maximum Gasteiger partial charge on any atom is 0.0992 e. The van der Waals surface area contributed by atoms with Crippen molar-refractivity contribution in [2.24, 2.45) is 0 Å². The molecule has 0 aliphatic rings. The van der Waals surface area contributed by atoms with Crippen molar-refractivity contribution in [1.82, 2.24) is 4.40 Å². The molecule has 2 aromatic heterocycles. The number of rotatable bonds is 8. The molecule has 1 unspecified atom stereocenters. The van der Waals surface area contributed by atoms with E-state index in [2.05, 4.69) is 183 Å². The lowest BCUT2D eigenvalue weighted by Gasteiger charge is -2.27. The molecule has 2 heterocycles. The van der Waals surface area contributed by atoms with Gasteiger partial charge in [-0.15, -0.1) is 0 Å². The Morgan fingerprint density at radius 1 is 0.590 bits per heavy atom. The van der Waals surface area contributed by atoms with Gasteiger partial charge < -0.3 is 9.30 Å². The van der Waals surface area contributed by atoms with Crippen LogP contribution in [0.5, 0.6) is 0 Å². The van der Waals surface area contributed by atoms with Gasteiger partial charge in [0.2, 0.25) is 0 Å². The summed E-state index contributed by atoms with van der Waals surface area (Å²) in [5.41, 5.74) is 15.6. The van der Waals surface area contributed by atoms with Crippen LogP contribution in [0.25, 0.3) is 48.9 Å². The van der Waals surface area contributed by atoms with Crippen molar-refractivity contribution < 1.29 is 0 Å². The summed E-state index contributed by atoms with van der Waals surface area (Å²) >= 11 is 0. The molecule has 0 saturated carbocycles. The summed E-state index contributed by atoms with van der Waals surface area (Å²) in [6, 6.07) is 61.3. The summed E-state index contributed by atoms with van der Waals surface area (Å²) in [5.74, 6) is 0.163. The Hall–Kier alpha value is -7.40. The highest BCUT2D eigenvalue weighted by molar-refractivity contribution is 6.31. The zero-order chi connectivity index (χ0) is 42.0. The van der Waals surface area contributed by atoms with Crippen molar-refractivity contribution >= 4 is 65.9 Å². The third-order valence-corrected chi connectivity index (χ3v) is 12.8. The van der Waals surface area contributed by atoms with Gasteiger partial charge >= 0.3 is 0 Å². The summed E-state index contributed by atoms with van der Waals surface area (Å²) in [4.78, 5) is 2.29. The van der Waals surface area contributed by atoms with Gasteiger partial charge in [-0.25, -0.2) is 0 Å². The second-order valence-electron chi connectivity index (χ2n) is 17.7. The van der Waals surface area contributed by atoms with E-state index in [1.54, 1.807) is 0 Å². The number of para-hydroxylation sites is 1. The molecule has 0 spiro atoms. The largest absolute Gasteiger partial charge is 0.310 e. The van der Waals surface area contributed by atoms with Gasteiger partial charge in [-0.05, 0) is 149 Å². The molecule has 10 rings (SSSR count). The number of nitrogens with zero attached hydrogens (tertiary/aromatic N) is 4. The summed E-state index contributed by atoms with van der Waals surface area (Å²) in [5, 5.41) is 27.1. The van der Waals surface area contributed by atoms with E-state index >= 15 is 0 Å². The van der Waals surface area contributed by atoms with Crippen molar-refractivity contribution in [3.63, 3.8) is 0 Å². The zero-order valence-corrected chi connectivity index (χ0v) is 35.3. The van der Waals surface area contributed by atoms with Crippen LogP contribution in [0.15, 0.2) is 158 Å². The smallest absolute Gasteiger partial charge is 0.0992 e. The molecule has 0 amide bonds. The maximum absolute atomic E-state index is 9.90. The molecule has 4 heteroatoms. The highest BCUT2D eigenvalue weighted by atomic mass is 15.1. The van der Waals surface area contributed by atoms with E-state index in [4.69, 9.17) is 0 Å². The molecule has 61 heavy (non-hydrogen) atoms. The second kappa shape index (κ2) is 14.7. The lowest BCUT2D eigenvalue weighted by molar-refractivity contribution is 0.591. The zero-order valence-electron chi connectivity index (χ0n) is 35.3. The fourth-order valence-corrected chi connectivity index (χ4v) is 9.71. The number of hydrogen-bond acceptors (Lipinski definition) is 3. The Morgan fingerprint density at radius 3 is 2.10 bits per heavy atom. The van der Waals surface area contributed by atoms with E-state index in [1.165, 1.54) is 76.7 Å². The summed E-state index contributed by atoms with van der Waals surface area (Å²) in [7, 11) is 0. The van der Waals surface area contributed by atoms with Gasteiger partial charge in [0.25, 0.3) is 0 Å². The monoisotopic (exact) mass is 786 g/mol. The first-order chi connectivity index (χ1) is 29.6. The van der Waals surface area contributed by atoms with Crippen molar-refractivity contribution in [2.45, 2.75) is 58.8 Å². The highest BCUT2D eigenvalue weighted by Gasteiger charge is 2.25. The lowest BCUT2D eigenvalue weighted by atomic mass is 9.83. The van der Waals surface area contributed by atoms with Crippen LogP contribution >= 0.6 is 0 Å². The van der Waals surface area contributed by atoms with Crippen LogP contribution in [0.3, 0.4) is 0 Å². The molecule has 0 aliphatic carbocycles. The molecule has 1 atom stereocenters. The highest BCUT2D eigenvalue weighted by Crippen LogP contribution is 2.46. The normalized spacial score (nSPS) is 12.4. The summed E-state index contributed by atoms with van der Waals surface area (Å²) in [6.45, 7) is 11.2. The molecule has 0 bridgehead atoms. The molecule has 0 aliphatic heterocycles. The van der Waals surface area contributed by atoms with E-state index in [1.807, 2.05) is 30.3 Å². The van der Waals surface area contributed by atoms with Crippen molar-refractivity contribution in [2.75, 3.05) is 4.90 Å². The number of anilines is 3. The van der Waals surface area contributed by atoms with Gasteiger partial charge in [-0.3, -0.25) is 0 Å². The number of hydrogen-bond donors (Lipinski definition) is 0. The van der Waals surface area contributed by atoms with Crippen LogP contribution in [0.1, 0.15) is 77.6 Å². The van der Waals surface area contributed by atoms with E-state index in [9.17, 15) is 10.5 Å². The van der Waals surface area contributed by atoms with E-state index in [0.717, 1.165) is 35.5 Å². The summed E-state index contributed by atoms with van der Waals surface area (Å²) < 4.78 is 2.52. The first kappa shape index (κ1) is 37.8. The van der Waals surface area contributed by atoms with Gasteiger partial charge in [0.15, 0.2) is 0 Å². The first-order valence-corrected chi connectivity index (χ1v) is 21.2. The number of benzene rings is 8. The molecule has 294 valence electrons. The average Bonchev–Trinajstić information content (AvgIpc) is 3.79. The maximum atomic E-state index is 9.90. The average molecular weight is 787 g/mol. The molecule has 8 aromatic carbocycles. The van der Waals surface area contributed by atoms with Gasteiger partial charge in [0.05, 0.1) is 39.8 Å². The number of fused-ring (bicyclic) bond motifs is 8. The topological polar surface area (TPSA) is 55.2 Å². The van der Waals surface area contributed by atoms with Crippen molar-refractivity contribution in [1.29, 1.82) is 10.5 Å². The van der Waals surface area contributed by atoms with E-state index in [-0.39, 0.29) is 11.3 Å². The van der Waals surface area contributed by atoms with Crippen LogP contribution < -0.4 is 4.90 Å². The Bertz CT molecular complexity index is 3420. The Kier molecular flexibility index (Phi) is 9.12. The van der Waals surface area contributed by atoms with Crippen molar-refractivity contribution in [3.05, 3.63) is 202 Å². The van der Waals surface area contributed by atoms with Crippen LogP contribution in [0, 0.1) is 36.5 Å². The fraction of sp³-hybridized carbons (Fsp3) is 0.158.